The Kier molecular flexibility index (Phi) is 7.66. The Morgan fingerprint density at radius 2 is 1.22 bits per heavy atom. The molecule has 60 heavy (non-hydrogen) atoms. The van der Waals surface area contributed by atoms with E-state index in [2.05, 4.69) is 152 Å². The van der Waals surface area contributed by atoms with Gasteiger partial charge in [0.2, 0.25) is 0 Å². The summed E-state index contributed by atoms with van der Waals surface area (Å²) in [4.78, 5) is 2.14. The summed E-state index contributed by atoms with van der Waals surface area (Å²) in [5, 5.41) is 10.2. The van der Waals surface area contributed by atoms with Gasteiger partial charge in [0.15, 0.2) is 0 Å². The molecule has 1 unspecified atom stereocenters. The van der Waals surface area contributed by atoms with Gasteiger partial charge < -0.3 is 4.90 Å². The topological polar surface area (TPSA) is 3.24 Å². The van der Waals surface area contributed by atoms with Crippen LogP contribution in [0.25, 0.3) is 65.3 Å². The maximum absolute atomic E-state index is 14.5. The number of benzene rings is 9. The molecule has 3 aliphatic rings. The van der Waals surface area contributed by atoms with Gasteiger partial charge in [-0.05, 0) is 154 Å². The zero-order valence-electron chi connectivity index (χ0n) is 33.5. The lowest BCUT2D eigenvalue weighted by Crippen LogP contribution is -2.18. The van der Waals surface area contributed by atoms with E-state index in [1.54, 1.807) is 18.2 Å². The van der Waals surface area contributed by atoms with E-state index in [1.165, 1.54) is 105 Å². The number of nitrogens with zero attached hydrogens (tertiary/aromatic N) is 1. The molecule has 0 aromatic heterocycles. The van der Waals surface area contributed by atoms with E-state index < -0.39 is 6.17 Å². The lowest BCUT2D eigenvalue weighted by molar-refractivity contribution is 0.400. The Balaban J connectivity index is 1.13. The molecule has 288 valence electrons. The van der Waals surface area contributed by atoms with Crippen LogP contribution in [0.3, 0.4) is 0 Å². The predicted octanol–water partition coefficient (Wildman–Crippen LogP) is 15.4. The van der Waals surface area contributed by atoms with Gasteiger partial charge in [0.05, 0.1) is 0 Å². The molecule has 3 heteroatoms. The molecule has 0 heterocycles. The third-order valence-corrected chi connectivity index (χ3v) is 13.7. The van der Waals surface area contributed by atoms with Crippen molar-refractivity contribution in [3.8, 4) is 22.3 Å². The van der Waals surface area contributed by atoms with Crippen molar-refractivity contribution in [3.05, 3.63) is 215 Å². The second-order valence-electron chi connectivity index (χ2n) is 17.3. The number of hydrogen-bond donors (Lipinski definition) is 0. The largest absolute Gasteiger partial charge is 0.311 e. The molecule has 0 fully saturated rings. The zero-order valence-corrected chi connectivity index (χ0v) is 33.5. The van der Waals surface area contributed by atoms with Crippen LogP contribution in [-0.2, 0) is 11.8 Å². The first kappa shape index (κ1) is 35.1. The molecule has 0 bridgehead atoms. The normalized spacial score (nSPS) is 17.4. The molecule has 1 nitrogen and oxygen atoms in total. The molecule has 0 N–H and O–H groups in total. The first-order valence-corrected chi connectivity index (χ1v) is 21.1. The second kappa shape index (κ2) is 13.1. The Morgan fingerprint density at radius 1 is 0.567 bits per heavy atom. The smallest absolute Gasteiger partial charge is 0.123 e. The molecule has 0 spiro atoms. The van der Waals surface area contributed by atoms with Crippen molar-refractivity contribution in [1.29, 1.82) is 0 Å². The summed E-state index contributed by atoms with van der Waals surface area (Å²) >= 11 is 0. The lowest BCUT2D eigenvalue weighted by atomic mass is 9.77. The number of alkyl halides is 1. The summed E-state index contributed by atoms with van der Waals surface area (Å²) in [6, 6.07) is 56.6. The van der Waals surface area contributed by atoms with Gasteiger partial charge in [-0.25, -0.2) is 8.78 Å². The minimum Gasteiger partial charge on any atom is -0.311 e. The molecule has 0 saturated carbocycles. The van der Waals surface area contributed by atoms with Gasteiger partial charge in [0.25, 0.3) is 0 Å². The minimum absolute atomic E-state index is 0.0324. The molecule has 0 radical (unpaired) electrons. The monoisotopic (exact) mass is 777 g/mol. The van der Waals surface area contributed by atoms with Crippen LogP contribution in [-0.4, -0.2) is 6.17 Å². The van der Waals surface area contributed by atoms with Crippen LogP contribution in [0.15, 0.2) is 182 Å². The van der Waals surface area contributed by atoms with Gasteiger partial charge >= 0.3 is 0 Å². The average Bonchev–Trinajstić information content (AvgIpc) is 3.42. The van der Waals surface area contributed by atoms with Gasteiger partial charge in [-0.3, -0.25) is 0 Å². The molecule has 9 aromatic rings. The van der Waals surface area contributed by atoms with Crippen LogP contribution in [0, 0.1) is 5.82 Å². The van der Waals surface area contributed by atoms with Crippen molar-refractivity contribution < 1.29 is 8.78 Å². The van der Waals surface area contributed by atoms with Gasteiger partial charge in [-0.2, -0.15) is 0 Å². The van der Waals surface area contributed by atoms with E-state index >= 15 is 0 Å². The molecule has 0 aliphatic heterocycles. The number of anilines is 2. The fourth-order valence-corrected chi connectivity index (χ4v) is 10.9. The molecule has 12 rings (SSSR count). The van der Waals surface area contributed by atoms with E-state index in [0.29, 0.717) is 6.42 Å². The summed E-state index contributed by atoms with van der Waals surface area (Å²) < 4.78 is 28.8. The zero-order chi connectivity index (χ0) is 40.3. The molecule has 0 amide bonds. The van der Waals surface area contributed by atoms with Crippen LogP contribution in [0.4, 0.5) is 20.2 Å². The number of fused-ring (bicyclic) bond motifs is 12. The highest BCUT2D eigenvalue weighted by molar-refractivity contribution is 6.25. The van der Waals surface area contributed by atoms with Crippen molar-refractivity contribution in [1.82, 2.24) is 0 Å². The summed E-state index contributed by atoms with van der Waals surface area (Å²) in [5.41, 5.74) is 14.2. The first-order valence-electron chi connectivity index (χ1n) is 21.1. The lowest BCUT2D eigenvalue weighted by Gasteiger charge is -2.29. The molecule has 3 aliphatic carbocycles. The van der Waals surface area contributed by atoms with Crippen LogP contribution >= 0.6 is 0 Å². The second-order valence-corrected chi connectivity index (χ2v) is 17.3. The van der Waals surface area contributed by atoms with E-state index in [-0.39, 0.29) is 17.2 Å². The van der Waals surface area contributed by atoms with Crippen LogP contribution < -0.4 is 4.90 Å². The summed E-state index contributed by atoms with van der Waals surface area (Å²) in [6.07, 6.45) is 5.47. The highest BCUT2D eigenvalue weighted by Gasteiger charge is 2.39. The Bertz CT molecular complexity index is 3300. The minimum atomic E-state index is -1.02. The van der Waals surface area contributed by atoms with Crippen molar-refractivity contribution in [2.24, 2.45) is 0 Å². The molecule has 9 aromatic carbocycles. The quantitative estimate of drug-likeness (QED) is 0.161. The summed E-state index contributed by atoms with van der Waals surface area (Å²) in [5.74, 6) is -0.259. The third-order valence-electron chi connectivity index (χ3n) is 13.7. The van der Waals surface area contributed by atoms with Gasteiger partial charge in [0, 0.05) is 34.8 Å². The van der Waals surface area contributed by atoms with Gasteiger partial charge in [-0.15, -0.1) is 0 Å². The summed E-state index contributed by atoms with van der Waals surface area (Å²) in [6.45, 7) is 4.76. The van der Waals surface area contributed by atoms with Crippen molar-refractivity contribution in [3.63, 3.8) is 0 Å². The highest BCUT2D eigenvalue weighted by Crippen LogP contribution is 2.56. The highest BCUT2D eigenvalue weighted by atomic mass is 19.1. The average molecular weight is 778 g/mol. The number of allylic oxidation sites excluding steroid dienone is 3. The fourth-order valence-electron chi connectivity index (χ4n) is 10.9. The van der Waals surface area contributed by atoms with Crippen LogP contribution in [0.1, 0.15) is 54.0 Å². The maximum Gasteiger partial charge on any atom is 0.123 e. The maximum atomic E-state index is 14.5. The molecule has 0 saturated heterocycles. The van der Waals surface area contributed by atoms with E-state index in [9.17, 15) is 8.78 Å². The standard InChI is InChI=1S/C57H41F2N/c1-57(2)53-17-8-7-14-48(53)56-49-16-9-15-47-41-29-27-40(60(38-23-19-36(58)20-24-38)39-25-21-37(59)22-26-39)30-35(41)32-50(52(55(47)49)33-54(56)57)34-18-28-46-44-12-4-3-10-42(44)43-11-5-6-13-45(43)51(46)31-34/h3-21,23-31,33,37,50H,22,32H2,1-2H3/t37?,50-/m0/s1. The molecular formula is C57H41F2N. The Hall–Kier alpha value is -6.84. The van der Waals surface area contributed by atoms with Crippen molar-refractivity contribution in [2.45, 2.75) is 44.2 Å². The van der Waals surface area contributed by atoms with E-state index in [1.807, 2.05) is 12.2 Å². The summed E-state index contributed by atoms with van der Waals surface area (Å²) in [7, 11) is 0. The van der Waals surface area contributed by atoms with E-state index in [4.69, 9.17) is 0 Å². The van der Waals surface area contributed by atoms with E-state index in [0.717, 1.165) is 23.5 Å². The van der Waals surface area contributed by atoms with Gasteiger partial charge in [0.1, 0.15) is 12.0 Å². The Morgan fingerprint density at radius 3 is 1.95 bits per heavy atom. The third kappa shape index (κ3) is 5.15. The SMILES string of the molecule is CC1(C)c2ccccc2-c2c1cc1c3c(cccc23)-c2ccc(N(C3=CCC(F)C=C3)c3ccc(F)cc3)cc2C[C@H]1c1ccc2c3ccccc3c3ccccc3c2c1. The fraction of sp³-hybridized carbons (Fsp3) is 0.123. The van der Waals surface area contributed by atoms with Crippen LogP contribution in [0.5, 0.6) is 0 Å². The van der Waals surface area contributed by atoms with Crippen LogP contribution in [0.2, 0.25) is 0 Å². The first-order chi connectivity index (χ1) is 29.3. The van der Waals surface area contributed by atoms with Gasteiger partial charge in [-0.1, -0.05) is 135 Å². The number of hydrogen-bond acceptors (Lipinski definition) is 1. The van der Waals surface area contributed by atoms with Crippen molar-refractivity contribution in [2.75, 3.05) is 4.90 Å². The predicted molar refractivity (Wildman–Crippen MR) is 247 cm³/mol. The molecular weight excluding hydrogens is 737 g/mol. The van der Waals surface area contributed by atoms with Crippen molar-refractivity contribution >= 4 is 54.5 Å². The Labute approximate surface area is 348 Å². The number of rotatable bonds is 4. The molecule has 2 atom stereocenters. The number of halogens is 2.